The number of carbonyl (C=O) groups is 2. The molecule has 0 saturated heterocycles. The summed E-state index contributed by atoms with van der Waals surface area (Å²) < 4.78 is 18.7. The van der Waals surface area contributed by atoms with Crippen molar-refractivity contribution < 1.29 is 23.8 Å². The third kappa shape index (κ3) is 7.55. The molecular formula is C18H26FNO4. The van der Waals surface area contributed by atoms with Crippen molar-refractivity contribution in [3.63, 3.8) is 0 Å². The van der Waals surface area contributed by atoms with Crippen molar-refractivity contribution in [1.29, 1.82) is 0 Å². The molecular weight excluding hydrogens is 313 g/mol. The van der Waals surface area contributed by atoms with E-state index in [0.29, 0.717) is 5.56 Å². The van der Waals surface area contributed by atoms with Crippen molar-refractivity contribution in [2.75, 3.05) is 6.61 Å². The van der Waals surface area contributed by atoms with Gasteiger partial charge in [0.25, 0.3) is 0 Å². The van der Waals surface area contributed by atoms with Crippen molar-refractivity contribution in [2.45, 2.75) is 58.1 Å². The van der Waals surface area contributed by atoms with Gasteiger partial charge in [-0.15, -0.1) is 0 Å². The number of carbonyl (C=O) groups excluding carboxylic acids is 1. The largest absolute Gasteiger partial charge is 0.480 e. The highest BCUT2D eigenvalue weighted by molar-refractivity contribution is 5.83. The number of nitrogens with one attached hydrogen (secondary N) is 1. The third-order valence-corrected chi connectivity index (χ3v) is 3.48. The maximum absolute atomic E-state index is 13.2. The lowest BCUT2D eigenvalue weighted by Crippen LogP contribution is -2.42. The number of carboxylic acid groups (broad SMARTS) is 1. The van der Waals surface area contributed by atoms with E-state index in [2.05, 4.69) is 5.32 Å². The molecule has 0 radical (unpaired) electrons. The summed E-state index contributed by atoms with van der Waals surface area (Å²) in [6.45, 7) is 7.67. The number of hydrogen-bond donors (Lipinski definition) is 2. The molecule has 0 aromatic heterocycles. The summed E-state index contributed by atoms with van der Waals surface area (Å²) in [4.78, 5) is 23.3. The first-order chi connectivity index (χ1) is 11.1. The van der Waals surface area contributed by atoms with Crippen molar-refractivity contribution >= 4 is 11.9 Å². The van der Waals surface area contributed by atoms with Crippen LogP contribution in [0, 0.1) is 5.82 Å². The predicted octanol–water partition coefficient (Wildman–Crippen LogP) is 3.09. The summed E-state index contributed by atoms with van der Waals surface area (Å²) in [7, 11) is 0. The van der Waals surface area contributed by atoms with Crippen molar-refractivity contribution in [2.24, 2.45) is 0 Å². The number of amides is 1. The van der Waals surface area contributed by atoms with Crippen LogP contribution in [0.1, 0.15) is 52.0 Å². The number of hydrogen-bond acceptors (Lipinski definition) is 3. The van der Waals surface area contributed by atoms with Crippen LogP contribution in [0.5, 0.6) is 0 Å². The molecule has 0 aliphatic rings. The van der Waals surface area contributed by atoms with E-state index in [0.717, 1.165) is 0 Å². The maximum atomic E-state index is 13.2. The van der Waals surface area contributed by atoms with Gasteiger partial charge in [0.2, 0.25) is 5.91 Å². The van der Waals surface area contributed by atoms with Gasteiger partial charge in [-0.2, -0.15) is 0 Å². The van der Waals surface area contributed by atoms with E-state index in [1.165, 1.54) is 12.1 Å². The monoisotopic (exact) mass is 339 g/mol. The molecule has 0 aliphatic heterocycles. The molecule has 0 saturated carbocycles. The summed E-state index contributed by atoms with van der Waals surface area (Å²) in [6.07, 6.45) is 0.278. The van der Waals surface area contributed by atoms with E-state index < -0.39 is 12.0 Å². The van der Waals surface area contributed by atoms with Gasteiger partial charge in [-0.1, -0.05) is 19.1 Å². The van der Waals surface area contributed by atoms with Gasteiger partial charge in [0.05, 0.1) is 5.60 Å². The summed E-state index contributed by atoms with van der Waals surface area (Å²) in [5.41, 5.74) is 0.340. The van der Waals surface area contributed by atoms with E-state index in [-0.39, 0.29) is 42.7 Å². The number of halogens is 1. The molecule has 1 amide bonds. The maximum Gasteiger partial charge on any atom is 0.326 e. The number of ether oxygens (including phenoxy) is 1. The Balaban J connectivity index is 2.54. The van der Waals surface area contributed by atoms with Crippen LogP contribution in [0.3, 0.4) is 0 Å². The van der Waals surface area contributed by atoms with Crippen LogP contribution in [-0.4, -0.2) is 35.2 Å². The molecule has 1 aromatic rings. The Hall–Kier alpha value is -1.95. The minimum absolute atomic E-state index is 0.0906. The molecule has 6 heteroatoms. The number of benzene rings is 1. The van der Waals surface area contributed by atoms with Gasteiger partial charge in [-0.25, -0.2) is 9.18 Å². The lowest BCUT2D eigenvalue weighted by Gasteiger charge is -2.22. The number of carboxylic acids is 1. The zero-order chi connectivity index (χ0) is 18.3. The summed E-state index contributed by atoms with van der Waals surface area (Å²) >= 11 is 0. The van der Waals surface area contributed by atoms with Gasteiger partial charge >= 0.3 is 5.97 Å². The van der Waals surface area contributed by atoms with Gasteiger partial charge in [-0.3, -0.25) is 4.79 Å². The average Bonchev–Trinajstić information content (AvgIpc) is 2.44. The molecule has 0 aliphatic carbocycles. The standard InChI is InChI=1S/C18H26FNO4/c1-12(13-6-5-7-14(19)11-13)10-16(21)20-15(17(22)23)8-9-24-18(2,3)4/h5-7,11-12,15H,8-10H2,1-4H3,(H,20,21)(H,22,23). The zero-order valence-corrected chi connectivity index (χ0v) is 14.6. The molecule has 0 bridgehead atoms. The highest BCUT2D eigenvalue weighted by Gasteiger charge is 2.22. The topological polar surface area (TPSA) is 75.6 Å². The molecule has 1 rings (SSSR count). The smallest absolute Gasteiger partial charge is 0.326 e. The van der Waals surface area contributed by atoms with E-state index >= 15 is 0 Å². The summed E-state index contributed by atoms with van der Waals surface area (Å²) in [5, 5.41) is 11.7. The van der Waals surface area contributed by atoms with Crippen LogP contribution in [0.2, 0.25) is 0 Å². The molecule has 1 aromatic carbocycles. The Kier molecular flexibility index (Phi) is 7.35. The third-order valence-electron chi connectivity index (χ3n) is 3.48. The Morgan fingerprint density at radius 2 is 2.00 bits per heavy atom. The highest BCUT2D eigenvalue weighted by atomic mass is 19.1. The SMILES string of the molecule is CC(CC(=O)NC(CCOC(C)(C)C)C(=O)O)c1cccc(F)c1. The molecule has 0 fully saturated rings. The van der Waals surface area contributed by atoms with Crippen molar-refractivity contribution in [3.8, 4) is 0 Å². The second kappa shape index (κ2) is 8.78. The first-order valence-electron chi connectivity index (χ1n) is 8.00. The molecule has 134 valence electrons. The highest BCUT2D eigenvalue weighted by Crippen LogP contribution is 2.19. The Morgan fingerprint density at radius 1 is 1.33 bits per heavy atom. The molecule has 2 N–H and O–H groups in total. The quantitative estimate of drug-likeness (QED) is 0.763. The van der Waals surface area contributed by atoms with Gasteiger partial charge in [0.15, 0.2) is 0 Å². The molecule has 0 spiro atoms. The molecule has 5 nitrogen and oxygen atoms in total. The van der Waals surface area contributed by atoms with Crippen molar-refractivity contribution in [3.05, 3.63) is 35.6 Å². The van der Waals surface area contributed by atoms with E-state index in [1.807, 2.05) is 20.8 Å². The van der Waals surface area contributed by atoms with Crippen LogP contribution in [0.4, 0.5) is 4.39 Å². The van der Waals surface area contributed by atoms with Crippen LogP contribution >= 0.6 is 0 Å². The zero-order valence-electron chi connectivity index (χ0n) is 14.6. The normalized spacial score (nSPS) is 14.0. The van der Waals surface area contributed by atoms with E-state index in [1.54, 1.807) is 19.1 Å². The molecule has 24 heavy (non-hydrogen) atoms. The van der Waals surface area contributed by atoms with Gasteiger partial charge in [0.1, 0.15) is 11.9 Å². The molecule has 2 unspecified atom stereocenters. The van der Waals surface area contributed by atoms with Gasteiger partial charge < -0.3 is 15.2 Å². The predicted molar refractivity (Wildman–Crippen MR) is 89.3 cm³/mol. The van der Waals surface area contributed by atoms with Crippen LogP contribution in [-0.2, 0) is 14.3 Å². The first kappa shape index (κ1) is 20.1. The Labute approximate surface area is 142 Å². The van der Waals surface area contributed by atoms with Crippen LogP contribution < -0.4 is 5.32 Å². The van der Waals surface area contributed by atoms with Gasteiger partial charge in [0, 0.05) is 19.4 Å². The summed E-state index contributed by atoms with van der Waals surface area (Å²) in [6, 6.07) is 5.05. The first-order valence-corrected chi connectivity index (χ1v) is 8.00. The minimum atomic E-state index is -1.10. The second-order valence-electron chi connectivity index (χ2n) is 6.87. The minimum Gasteiger partial charge on any atom is -0.480 e. The van der Waals surface area contributed by atoms with E-state index in [4.69, 9.17) is 4.74 Å². The second-order valence-corrected chi connectivity index (χ2v) is 6.87. The fraction of sp³-hybridized carbons (Fsp3) is 0.556. The molecule has 2 atom stereocenters. The fourth-order valence-corrected chi connectivity index (χ4v) is 2.20. The van der Waals surface area contributed by atoms with Crippen LogP contribution in [0.25, 0.3) is 0 Å². The molecule has 0 heterocycles. The Morgan fingerprint density at radius 3 is 2.54 bits per heavy atom. The van der Waals surface area contributed by atoms with Crippen LogP contribution in [0.15, 0.2) is 24.3 Å². The summed E-state index contributed by atoms with van der Waals surface area (Å²) in [5.74, 6) is -2.04. The lowest BCUT2D eigenvalue weighted by molar-refractivity contribution is -0.142. The van der Waals surface area contributed by atoms with Crippen molar-refractivity contribution in [1.82, 2.24) is 5.32 Å². The van der Waals surface area contributed by atoms with E-state index in [9.17, 15) is 19.1 Å². The number of rotatable bonds is 8. The number of aliphatic carboxylic acids is 1. The lowest BCUT2D eigenvalue weighted by atomic mass is 9.97. The average molecular weight is 339 g/mol. The Bertz CT molecular complexity index is 568. The van der Waals surface area contributed by atoms with Gasteiger partial charge in [-0.05, 0) is 44.4 Å². The fourth-order valence-electron chi connectivity index (χ4n) is 2.20.